The first-order valence-electron chi connectivity index (χ1n) is 14.9. The van der Waals surface area contributed by atoms with E-state index in [1.807, 2.05) is 27.7 Å². The number of hydrogen-bond acceptors (Lipinski definition) is 12. The maximum atomic E-state index is 9.99. The van der Waals surface area contributed by atoms with Gasteiger partial charge in [-0.25, -0.2) is 0 Å². The zero-order valence-corrected chi connectivity index (χ0v) is 30.7. The third-order valence-corrected chi connectivity index (χ3v) is 8.49. The monoisotopic (exact) mass is 728 g/mol. The Hall–Kier alpha value is -0.880. The van der Waals surface area contributed by atoms with Crippen molar-refractivity contribution in [1.82, 2.24) is 0 Å². The molecule has 0 aromatic heterocycles. The van der Waals surface area contributed by atoms with Crippen molar-refractivity contribution in [2.75, 3.05) is 26.4 Å². The molecule has 0 aliphatic carbocycles. The Morgan fingerprint density at radius 2 is 0.600 bits per heavy atom. The number of thiol groups is 4. The summed E-state index contributed by atoms with van der Waals surface area (Å²) in [4.78, 5) is 39.9. The van der Waals surface area contributed by atoms with Crippen molar-refractivity contribution in [2.24, 2.45) is 5.41 Å². The summed E-state index contributed by atoms with van der Waals surface area (Å²) in [5, 5.41) is 67.9. The summed E-state index contributed by atoms with van der Waals surface area (Å²) < 4.78 is 0. The van der Waals surface area contributed by atoms with E-state index in [-0.39, 0.29) is 46.7 Å². The maximum Gasteiger partial charge on any atom is 0.303 e. The molecule has 16 heteroatoms. The topological polar surface area (TPSA) is 230 Å². The first-order valence-corrected chi connectivity index (χ1v) is 17.0. The second kappa shape index (κ2) is 37.6. The molecule has 0 heterocycles. The van der Waals surface area contributed by atoms with Crippen LogP contribution in [0.25, 0.3) is 0 Å². The van der Waals surface area contributed by atoms with Gasteiger partial charge in [-0.05, 0) is 51.4 Å². The molecule has 45 heavy (non-hydrogen) atoms. The van der Waals surface area contributed by atoms with Crippen LogP contribution in [0.2, 0.25) is 0 Å². The van der Waals surface area contributed by atoms with Gasteiger partial charge in [0.25, 0.3) is 0 Å². The van der Waals surface area contributed by atoms with Gasteiger partial charge in [0.15, 0.2) is 0 Å². The standard InChI is InChI=1S/4C6H12O2S.C5H12O4/c4*1-2-5(9)3-4-6(7)8;6-1-5(2-7,3-8)4-9/h4*5,9H,2-4H2,1H3,(H,7,8);6-9H,1-4H2. The Kier molecular flexibility index (Phi) is 44.8. The molecule has 4 unspecified atom stereocenters. The highest BCUT2D eigenvalue weighted by molar-refractivity contribution is 7.81. The van der Waals surface area contributed by atoms with Gasteiger partial charge in [-0.1, -0.05) is 27.7 Å². The van der Waals surface area contributed by atoms with Crippen LogP contribution in [0.5, 0.6) is 0 Å². The molecule has 0 aliphatic rings. The minimum Gasteiger partial charge on any atom is -0.481 e. The van der Waals surface area contributed by atoms with Gasteiger partial charge in [0.05, 0.1) is 31.8 Å². The largest absolute Gasteiger partial charge is 0.481 e. The maximum absolute atomic E-state index is 9.99. The van der Waals surface area contributed by atoms with Crippen molar-refractivity contribution in [2.45, 2.75) is 126 Å². The summed E-state index contributed by atoms with van der Waals surface area (Å²) in [6.07, 6.45) is 7.42. The van der Waals surface area contributed by atoms with Crippen LogP contribution >= 0.6 is 50.5 Å². The Bertz CT molecular complexity index is 599. The molecule has 0 aliphatic heterocycles. The highest BCUT2D eigenvalue weighted by Crippen LogP contribution is 2.12. The first kappa shape index (κ1) is 53.6. The van der Waals surface area contributed by atoms with Crippen LogP contribution in [0.3, 0.4) is 0 Å². The van der Waals surface area contributed by atoms with Crippen LogP contribution in [0, 0.1) is 5.41 Å². The molecule has 0 aromatic carbocycles. The van der Waals surface area contributed by atoms with Gasteiger partial charge in [-0.15, -0.1) is 0 Å². The third kappa shape index (κ3) is 47.6. The van der Waals surface area contributed by atoms with Gasteiger partial charge in [-0.3, -0.25) is 19.2 Å². The van der Waals surface area contributed by atoms with Crippen LogP contribution < -0.4 is 0 Å². The molecular formula is C29H60O12S4. The van der Waals surface area contributed by atoms with Gasteiger partial charge in [0.2, 0.25) is 0 Å². The summed E-state index contributed by atoms with van der Waals surface area (Å²) in [5.41, 5.74) is -1.11. The molecule has 0 aromatic rings. The number of aliphatic hydroxyl groups is 4. The first-order chi connectivity index (χ1) is 20.9. The van der Waals surface area contributed by atoms with Crippen molar-refractivity contribution in [3.8, 4) is 0 Å². The van der Waals surface area contributed by atoms with E-state index in [2.05, 4.69) is 50.5 Å². The number of rotatable bonds is 20. The molecule has 0 saturated heterocycles. The number of carboxylic acid groups (broad SMARTS) is 4. The van der Waals surface area contributed by atoms with Crippen molar-refractivity contribution < 1.29 is 60.0 Å². The second-order valence-electron chi connectivity index (χ2n) is 10.1. The predicted molar refractivity (Wildman–Crippen MR) is 191 cm³/mol. The normalized spacial score (nSPS) is 12.9. The van der Waals surface area contributed by atoms with Crippen LogP contribution in [0.1, 0.15) is 105 Å². The van der Waals surface area contributed by atoms with Crippen LogP contribution in [-0.2, 0) is 19.2 Å². The molecule has 4 atom stereocenters. The molecule has 0 amide bonds. The van der Waals surface area contributed by atoms with Crippen molar-refractivity contribution in [1.29, 1.82) is 0 Å². The summed E-state index contributed by atoms with van der Waals surface area (Å²) >= 11 is 16.6. The summed E-state index contributed by atoms with van der Waals surface area (Å²) in [6, 6.07) is 0. The van der Waals surface area contributed by atoms with E-state index in [1.165, 1.54) is 0 Å². The molecule has 0 rings (SSSR count). The van der Waals surface area contributed by atoms with E-state index in [1.54, 1.807) is 0 Å². The van der Waals surface area contributed by atoms with E-state index in [4.69, 9.17) is 40.9 Å². The minimum atomic E-state index is -1.11. The van der Waals surface area contributed by atoms with Crippen LogP contribution in [0.4, 0.5) is 0 Å². The molecule has 0 fully saturated rings. The summed E-state index contributed by atoms with van der Waals surface area (Å²) in [6.45, 7) is 6.37. The van der Waals surface area contributed by atoms with E-state index < -0.39 is 55.7 Å². The molecule has 0 spiro atoms. The lowest BCUT2D eigenvalue weighted by Crippen LogP contribution is -2.37. The number of carbonyl (C=O) groups is 4. The van der Waals surface area contributed by atoms with Gasteiger partial charge in [-0.2, -0.15) is 50.5 Å². The Morgan fingerprint density at radius 3 is 0.667 bits per heavy atom. The smallest absolute Gasteiger partial charge is 0.303 e. The average molecular weight is 729 g/mol. The second-order valence-corrected chi connectivity index (χ2v) is 13.0. The molecule has 12 nitrogen and oxygen atoms in total. The Morgan fingerprint density at radius 1 is 0.444 bits per heavy atom. The van der Waals surface area contributed by atoms with Crippen molar-refractivity contribution >= 4 is 74.4 Å². The highest BCUT2D eigenvalue weighted by atomic mass is 32.1. The number of aliphatic hydroxyl groups excluding tert-OH is 4. The van der Waals surface area contributed by atoms with Gasteiger partial charge < -0.3 is 40.9 Å². The zero-order chi connectivity index (χ0) is 36.4. The number of carboxylic acids is 4. The number of aliphatic carboxylic acids is 4. The van der Waals surface area contributed by atoms with Gasteiger partial charge in [0, 0.05) is 46.7 Å². The average Bonchev–Trinajstić information content (AvgIpc) is 3.02. The van der Waals surface area contributed by atoms with E-state index in [9.17, 15) is 19.2 Å². The lowest BCUT2D eigenvalue weighted by atomic mass is 9.93. The number of hydrogen-bond donors (Lipinski definition) is 12. The zero-order valence-electron chi connectivity index (χ0n) is 27.1. The lowest BCUT2D eigenvalue weighted by molar-refractivity contribution is -0.138. The van der Waals surface area contributed by atoms with Crippen LogP contribution in [0.15, 0.2) is 0 Å². The van der Waals surface area contributed by atoms with Crippen molar-refractivity contribution in [3.63, 3.8) is 0 Å². The molecule has 8 N–H and O–H groups in total. The SMILES string of the molecule is CCC(S)CCC(=O)O.CCC(S)CCC(=O)O.CCC(S)CCC(=O)O.CCC(S)CCC(=O)O.OCC(CO)(CO)CO. The molecule has 0 radical (unpaired) electrons. The van der Waals surface area contributed by atoms with Gasteiger partial charge in [0.1, 0.15) is 0 Å². The fourth-order valence-electron chi connectivity index (χ4n) is 2.28. The van der Waals surface area contributed by atoms with Gasteiger partial charge >= 0.3 is 23.9 Å². The van der Waals surface area contributed by atoms with E-state index >= 15 is 0 Å². The van der Waals surface area contributed by atoms with E-state index in [0.717, 1.165) is 25.7 Å². The molecule has 0 saturated carbocycles. The predicted octanol–water partition coefficient (Wildman–Crippen LogP) is 4.18. The molecule has 272 valence electrons. The van der Waals surface area contributed by atoms with E-state index in [0.29, 0.717) is 25.7 Å². The fourth-order valence-corrected chi connectivity index (χ4v) is 2.79. The quantitative estimate of drug-likeness (QED) is 0.0793. The summed E-state index contributed by atoms with van der Waals surface area (Å²) in [5.74, 6) is -2.94. The highest BCUT2D eigenvalue weighted by Gasteiger charge is 2.26. The summed E-state index contributed by atoms with van der Waals surface area (Å²) in [7, 11) is 0. The minimum absolute atomic E-state index is 0.238. The Labute approximate surface area is 291 Å². The third-order valence-electron chi connectivity index (χ3n) is 5.99. The van der Waals surface area contributed by atoms with Crippen LogP contribution in [-0.4, -0.2) is 112 Å². The molecular weight excluding hydrogens is 669 g/mol. The lowest BCUT2D eigenvalue weighted by Gasteiger charge is -2.23. The fraction of sp³-hybridized carbons (Fsp3) is 0.862. The molecule has 0 bridgehead atoms. The van der Waals surface area contributed by atoms with Crippen molar-refractivity contribution in [3.05, 3.63) is 0 Å². The Balaban J connectivity index is -0.000000148.